The number of halogens is 4. The molecular weight excluding hydrogens is 217 g/mol. The third kappa shape index (κ3) is 3.24. The van der Waals surface area contributed by atoms with Crippen LogP contribution in [0.5, 0.6) is 0 Å². The summed E-state index contributed by atoms with van der Waals surface area (Å²) >= 11 is 0. The van der Waals surface area contributed by atoms with E-state index in [0.717, 1.165) is 7.05 Å². The fourth-order valence-corrected chi connectivity index (χ4v) is 1.33. The summed E-state index contributed by atoms with van der Waals surface area (Å²) in [6.45, 7) is -0.446. The molecule has 0 aliphatic carbocycles. The molecule has 0 bridgehead atoms. The normalized spacial score (nSPS) is 15.1. The molecule has 0 radical (unpaired) electrons. The van der Waals surface area contributed by atoms with Gasteiger partial charge in [-0.15, -0.1) is 0 Å². The number of hydrogen-bond acceptors (Lipinski definition) is 1. The average molecular weight is 227 g/mol. The van der Waals surface area contributed by atoms with Gasteiger partial charge in [-0.25, -0.2) is 0 Å². The summed E-state index contributed by atoms with van der Waals surface area (Å²) in [6.07, 6.45) is 0. The van der Waals surface area contributed by atoms with Crippen molar-refractivity contribution in [3.05, 3.63) is 35.9 Å². The van der Waals surface area contributed by atoms with E-state index in [9.17, 15) is 16.8 Å². The fourth-order valence-electron chi connectivity index (χ4n) is 0.955. The van der Waals surface area contributed by atoms with Gasteiger partial charge < -0.3 is 0 Å². The van der Waals surface area contributed by atoms with Crippen LogP contribution in [-0.2, 0) is 6.54 Å². The first kappa shape index (κ1) is 11.4. The zero-order valence-electron chi connectivity index (χ0n) is 7.50. The number of rotatable bonds is 3. The van der Waals surface area contributed by atoms with Crippen molar-refractivity contribution in [1.29, 1.82) is 0 Å². The van der Waals surface area contributed by atoms with Crippen LogP contribution in [0.25, 0.3) is 0 Å². The molecule has 80 valence electrons. The van der Waals surface area contributed by atoms with Gasteiger partial charge in [-0.2, -0.15) is 0 Å². The van der Waals surface area contributed by atoms with Crippen molar-refractivity contribution >= 4 is 8.00 Å². The minimum atomic E-state index is -7.57. The van der Waals surface area contributed by atoms with Crippen LogP contribution in [0.15, 0.2) is 30.3 Å². The van der Waals surface area contributed by atoms with Crippen LogP contribution in [0.4, 0.5) is 16.8 Å². The summed E-state index contributed by atoms with van der Waals surface area (Å²) < 4.78 is 48.7. The zero-order chi connectivity index (χ0) is 10.8. The first-order valence-electron chi connectivity index (χ1n) is 3.90. The topological polar surface area (TPSA) is 3.24 Å². The molecule has 0 aliphatic rings. The third-order valence-electron chi connectivity index (χ3n) is 1.77. The molecule has 1 aromatic carbocycles. The molecule has 0 saturated carbocycles. The summed E-state index contributed by atoms with van der Waals surface area (Å²) in [4.78, 5) is 0. The van der Waals surface area contributed by atoms with E-state index in [1.54, 1.807) is 18.2 Å². The van der Waals surface area contributed by atoms with Crippen LogP contribution >= 0.6 is 8.00 Å². The second-order valence-electron chi connectivity index (χ2n) is 2.99. The predicted octanol–water partition coefficient (Wildman–Crippen LogP) is 4.12. The Labute approximate surface area is 79.8 Å². The van der Waals surface area contributed by atoms with Crippen LogP contribution < -0.4 is 0 Å². The molecule has 0 aromatic heterocycles. The first-order chi connectivity index (χ1) is 6.26. The van der Waals surface area contributed by atoms with Crippen LogP contribution in [-0.4, -0.2) is 11.7 Å². The summed E-state index contributed by atoms with van der Waals surface area (Å²) in [6, 6.07) is 7.98. The molecule has 14 heavy (non-hydrogen) atoms. The van der Waals surface area contributed by atoms with Gasteiger partial charge >= 0.3 is 78.9 Å². The minimum absolute atomic E-state index is 0.166. The molecule has 6 heteroatoms. The molecule has 0 amide bonds. The quantitative estimate of drug-likeness (QED) is 0.554. The molecule has 0 fully saturated rings. The van der Waals surface area contributed by atoms with Gasteiger partial charge in [-0.05, 0) is 0 Å². The van der Waals surface area contributed by atoms with Crippen molar-refractivity contribution in [2.45, 2.75) is 6.54 Å². The van der Waals surface area contributed by atoms with E-state index < -0.39 is 14.5 Å². The van der Waals surface area contributed by atoms with E-state index in [0.29, 0.717) is 5.56 Å². The zero-order valence-corrected chi connectivity index (χ0v) is 8.39. The molecule has 1 rings (SSSR count). The van der Waals surface area contributed by atoms with E-state index in [1.165, 1.54) is 12.1 Å². The molecular formula is C8H10F4NP. The van der Waals surface area contributed by atoms with Gasteiger partial charge in [0.15, 0.2) is 0 Å². The van der Waals surface area contributed by atoms with Crippen molar-refractivity contribution in [3.63, 3.8) is 0 Å². The van der Waals surface area contributed by atoms with Crippen LogP contribution in [0, 0.1) is 0 Å². The monoisotopic (exact) mass is 227 g/mol. The van der Waals surface area contributed by atoms with Crippen molar-refractivity contribution in [3.8, 4) is 0 Å². The molecule has 1 aromatic rings. The van der Waals surface area contributed by atoms with Crippen molar-refractivity contribution in [1.82, 2.24) is 4.67 Å². The maximum atomic E-state index is 12.2. The summed E-state index contributed by atoms with van der Waals surface area (Å²) in [5.41, 5.74) is 0.439. The summed E-state index contributed by atoms with van der Waals surface area (Å²) in [5, 5.41) is 0. The summed E-state index contributed by atoms with van der Waals surface area (Å²) in [7, 11) is -6.84. The Balaban J connectivity index is 2.72. The number of nitrogens with zero attached hydrogens (tertiary/aromatic N) is 1. The molecule has 0 heterocycles. The Morgan fingerprint density at radius 1 is 1.07 bits per heavy atom. The molecule has 0 atom stereocenters. The van der Waals surface area contributed by atoms with Crippen molar-refractivity contribution in [2.24, 2.45) is 0 Å². The molecule has 0 unspecified atom stereocenters. The Morgan fingerprint density at radius 3 is 2.00 bits per heavy atom. The van der Waals surface area contributed by atoms with E-state index in [-0.39, 0.29) is 4.67 Å². The Hall–Kier alpha value is -0.670. The fraction of sp³-hybridized carbons (Fsp3) is 0.250. The predicted molar refractivity (Wildman–Crippen MR) is 49.3 cm³/mol. The van der Waals surface area contributed by atoms with Gasteiger partial charge in [0.2, 0.25) is 0 Å². The van der Waals surface area contributed by atoms with E-state index >= 15 is 0 Å². The summed E-state index contributed by atoms with van der Waals surface area (Å²) in [5.74, 6) is 0. The first-order valence-corrected chi connectivity index (χ1v) is 5.66. The molecule has 0 aliphatic heterocycles. The van der Waals surface area contributed by atoms with E-state index in [1.807, 2.05) is 0 Å². The Morgan fingerprint density at radius 2 is 1.57 bits per heavy atom. The van der Waals surface area contributed by atoms with Gasteiger partial charge in [0.1, 0.15) is 0 Å². The maximum absolute atomic E-state index is 12.2. The molecule has 0 spiro atoms. The van der Waals surface area contributed by atoms with Gasteiger partial charge in [-0.3, -0.25) is 0 Å². The van der Waals surface area contributed by atoms with Gasteiger partial charge in [-0.1, -0.05) is 0 Å². The van der Waals surface area contributed by atoms with Gasteiger partial charge in [0, 0.05) is 0 Å². The van der Waals surface area contributed by atoms with Crippen LogP contribution in [0.3, 0.4) is 0 Å². The standard InChI is InChI=1S/C8H10F4NP/c1-13(14(9,10,11)12)7-8-5-3-2-4-6-8/h2-6H,7H2,1H3. The van der Waals surface area contributed by atoms with Crippen LogP contribution in [0.1, 0.15) is 5.56 Å². The van der Waals surface area contributed by atoms with E-state index in [2.05, 4.69) is 0 Å². The van der Waals surface area contributed by atoms with Crippen molar-refractivity contribution < 1.29 is 16.8 Å². The number of hydrogen-bond donors (Lipinski definition) is 0. The van der Waals surface area contributed by atoms with Gasteiger partial charge in [0.25, 0.3) is 0 Å². The number of benzene rings is 1. The Kier molecular flexibility index (Phi) is 2.83. The molecule has 0 saturated heterocycles. The third-order valence-corrected chi connectivity index (χ3v) is 2.94. The second-order valence-corrected chi connectivity index (χ2v) is 5.04. The molecule has 1 nitrogen and oxygen atoms in total. The van der Waals surface area contributed by atoms with Gasteiger partial charge in [0.05, 0.1) is 0 Å². The van der Waals surface area contributed by atoms with Crippen LogP contribution in [0.2, 0.25) is 0 Å². The SMILES string of the molecule is CN(Cc1ccccc1)P(F)(F)(F)F. The second kappa shape index (κ2) is 3.48. The Bertz CT molecular complexity index is 299. The van der Waals surface area contributed by atoms with E-state index in [4.69, 9.17) is 0 Å². The average Bonchev–Trinajstić information content (AvgIpc) is 2.03. The molecule has 0 N–H and O–H groups in total. The van der Waals surface area contributed by atoms with Crippen molar-refractivity contribution in [2.75, 3.05) is 7.05 Å².